The van der Waals surface area contributed by atoms with Crippen LogP contribution in [-0.2, 0) is 0 Å². The number of rotatable bonds is 4. The van der Waals surface area contributed by atoms with Crippen LogP contribution in [0.4, 0.5) is 5.69 Å². The highest BCUT2D eigenvalue weighted by Crippen LogP contribution is 2.12. The van der Waals surface area contributed by atoms with Gasteiger partial charge < -0.3 is 10.2 Å². The van der Waals surface area contributed by atoms with E-state index in [0.717, 1.165) is 17.1 Å². The Morgan fingerprint density at radius 2 is 1.81 bits per heavy atom. The predicted molar refractivity (Wildman–Crippen MR) is 75.3 cm³/mol. The molecule has 16 heavy (non-hydrogen) atoms. The molecular formula is C13H20N2S. The third kappa shape index (κ3) is 3.81. The minimum atomic E-state index is 0.610. The van der Waals surface area contributed by atoms with Gasteiger partial charge in [0.15, 0.2) is 0 Å². The van der Waals surface area contributed by atoms with Gasteiger partial charge in [-0.3, -0.25) is 0 Å². The fourth-order valence-corrected chi connectivity index (χ4v) is 1.53. The Morgan fingerprint density at radius 3 is 2.25 bits per heavy atom. The summed E-state index contributed by atoms with van der Waals surface area (Å²) in [6.07, 6.45) is 0. The molecule has 0 saturated heterocycles. The van der Waals surface area contributed by atoms with Crippen molar-refractivity contribution in [3.63, 3.8) is 0 Å². The first-order valence-corrected chi connectivity index (χ1v) is 5.97. The molecule has 0 fully saturated rings. The molecule has 0 bridgehead atoms. The second-order valence-electron chi connectivity index (χ2n) is 4.55. The number of anilines is 1. The molecule has 1 rings (SSSR count). The second-order valence-corrected chi connectivity index (χ2v) is 4.95. The number of thiocarbonyl (C=S) groups is 1. The highest BCUT2D eigenvalue weighted by Gasteiger charge is 2.02. The summed E-state index contributed by atoms with van der Waals surface area (Å²) < 4.78 is 0. The fraction of sp³-hybridized carbons (Fsp3) is 0.462. The SMILES string of the molecule is CC(C)CNC(=S)c1ccc(N(C)C)cc1. The first-order chi connectivity index (χ1) is 7.50. The van der Waals surface area contributed by atoms with E-state index < -0.39 is 0 Å². The highest BCUT2D eigenvalue weighted by molar-refractivity contribution is 7.80. The lowest BCUT2D eigenvalue weighted by Gasteiger charge is -2.14. The van der Waals surface area contributed by atoms with Crippen molar-refractivity contribution in [2.75, 3.05) is 25.5 Å². The molecule has 0 aliphatic carbocycles. The maximum atomic E-state index is 5.32. The van der Waals surface area contributed by atoms with Crippen LogP contribution in [0.5, 0.6) is 0 Å². The van der Waals surface area contributed by atoms with E-state index in [4.69, 9.17) is 12.2 Å². The van der Waals surface area contributed by atoms with Crippen molar-refractivity contribution in [1.29, 1.82) is 0 Å². The van der Waals surface area contributed by atoms with Crippen molar-refractivity contribution >= 4 is 22.9 Å². The number of nitrogens with zero attached hydrogens (tertiary/aromatic N) is 1. The number of benzene rings is 1. The topological polar surface area (TPSA) is 15.3 Å². The minimum Gasteiger partial charge on any atom is -0.378 e. The standard InChI is InChI=1S/C13H20N2S/c1-10(2)9-14-13(16)11-5-7-12(8-6-11)15(3)4/h5-8,10H,9H2,1-4H3,(H,14,16). The van der Waals surface area contributed by atoms with Gasteiger partial charge in [-0.1, -0.05) is 26.1 Å². The summed E-state index contributed by atoms with van der Waals surface area (Å²) in [5, 5.41) is 3.26. The Bertz CT molecular complexity index is 341. The third-order valence-electron chi connectivity index (χ3n) is 2.32. The molecule has 0 aliphatic heterocycles. The Hall–Kier alpha value is -1.09. The quantitative estimate of drug-likeness (QED) is 0.809. The van der Waals surface area contributed by atoms with Crippen LogP contribution in [0, 0.1) is 5.92 Å². The smallest absolute Gasteiger partial charge is 0.106 e. The number of nitrogens with one attached hydrogen (secondary N) is 1. The van der Waals surface area contributed by atoms with E-state index in [1.54, 1.807) is 0 Å². The van der Waals surface area contributed by atoms with E-state index in [9.17, 15) is 0 Å². The number of hydrogen-bond acceptors (Lipinski definition) is 2. The van der Waals surface area contributed by atoms with E-state index >= 15 is 0 Å². The Kier molecular flexibility index (Phi) is 4.74. The minimum absolute atomic E-state index is 0.610. The maximum absolute atomic E-state index is 5.32. The lowest BCUT2D eigenvalue weighted by Crippen LogP contribution is -2.26. The summed E-state index contributed by atoms with van der Waals surface area (Å²) in [4.78, 5) is 2.91. The van der Waals surface area contributed by atoms with Gasteiger partial charge in [0.05, 0.1) is 0 Å². The van der Waals surface area contributed by atoms with Crippen molar-refractivity contribution in [3.8, 4) is 0 Å². The van der Waals surface area contributed by atoms with Crippen LogP contribution in [0.2, 0.25) is 0 Å². The molecule has 1 aromatic rings. The van der Waals surface area contributed by atoms with Gasteiger partial charge in [0.2, 0.25) is 0 Å². The molecule has 0 aromatic heterocycles. The van der Waals surface area contributed by atoms with Crippen molar-refractivity contribution in [2.45, 2.75) is 13.8 Å². The summed E-state index contributed by atoms with van der Waals surface area (Å²) in [7, 11) is 4.06. The summed E-state index contributed by atoms with van der Waals surface area (Å²) in [5.74, 6) is 0.610. The molecule has 1 aromatic carbocycles. The van der Waals surface area contributed by atoms with Crippen LogP contribution in [-0.4, -0.2) is 25.6 Å². The lowest BCUT2D eigenvalue weighted by atomic mass is 10.2. The van der Waals surface area contributed by atoms with Gasteiger partial charge in [-0.25, -0.2) is 0 Å². The molecule has 2 nitrogen and oxygen atoms in total. The van der Waals surface area contributed by atoms with Crippen LogP contribution in [0.15, 0.2) is 24.3 Å². The predicted octanol–water partition coefficient (Wildman–Crippen LogP) is 2.67. The average molecular weight is 236 g/mol. The molecule has 88 valence electrons. The summed E-state index contributed by atoms with van der Waals surface area (Å²) in [6, 6.07) is 8.29. The maximum Gasteiger partial charge on any atom is 0.106 e. The molecular weight excluding hydrogens is 216 g/mol. The first kappa shape index (κ1) is 13.0. The molecule has 0 unspecified atom stereocenters. The second kappa shape index (κ2) is 5.85. The van der Waals surface area contributed by atoms with Crippen LogP contribution >= 0.6 is 12.2 Å². The normalized spacial score (nSPS) is 10.3. The van der Waals surface area contributed by atoms with Crippen LogP contribution in [0.25, 0.3) is 0 Å². The average Bonchev–Trinajstić information content (AvgIpc) is 2.26. The van der Waals surface area contributed by atoms with Crippen molar-refractivity contribution in [3.05, 3.63) is 29.8 Å². The van der Waals surface area contributed by atoms with E-state index in [2.05, 4.69) is 48.3 Å². The molecule has 0 radical (unpaired) electrons. The summed E-state index contributed by atoms with van der Waals surface area (Å²) in [6.45, 7) is 5.27. The number of hydrogen-bond donors (Lipinski definition) is 1. The van der Waals surface area contributed by atoms with Gasteiger partial charge in [0.1, 0.15) is 4.99 Å². The Balaban J connectivity index is 2.63. The summed E-state index contributed by atoms with van der Waals surface area (Å²) in [5.41, 5.74) is 2.27. The van der Waals surface area contributed by atoms with Gasteiger partial charge in [0.25, 0.3) is 0 Å². The first-order valence-electron chi connectivity index (χ1n) is 5.56. The van der Waals surface area contributed by atoms with Crippen molar-refractivity contribution in [2.24, 2.45) is 5.92 Å². The van der Waals surface area contributed by atoms with E-state index in [1.807, 2.05) is 14.1 Å². The third-order valence-corrected chi connectivity index (χ3v) is 2.70. The zero-order valence-electron chi connectivity index (χ0n) is 10.4. The van der Waals surface area contributed by atoms with E-state index in [1.165, 1.54) is 5.69 Å². The van der Waals surface area contributed by atoms with Gasteiger partial charge in [0, 0.05) is 31.9 Å². The lowest BCUT2D eigenvalue weighted by molar-refractivity contribution is 0.628. The molecule has 0 amide bonds. The zero-order valence-corrected chi connectivity index (χ0v) is 11.3. The Labute approximate surface area is 104 Å². The van der Waals surface area contributed by atoms with Crippen LogP contribution < -0.4 is 10.2 Å². The van der Waals surface area contributed by atoms with Gasteiger partial charge in [-0.05, 0) is 30.2 Å². The highest BCUT2D eigenvalue weighted by atomic mass is 32.1. The largest absolute Gasteiger partial charge is 0.378 e. The van der Waals surface area contributed by atoms with Crippen LogP contribution in [0.3, 0.4) is 0 Å². The molecule has 0 aliphatic rings. The molecule has 0 saturated carbocycles. The van der Waals surface area contributed by atoms with Crippen LogP contribution in [0.1, 0.15) is 19.4 Å². The van der Waals surface area contributed by atoms with E-state index in [-0.39, 0.29) is 0 Å². The van der Waals surface area contributed by atoms with Gasteiger partial charge in [-0.15, -0.1) is 0 Å². The molecule has 3 heteroatoms. The molecule has 0 heterocycles. The van der Waals surface area contributed by atoms with Gasteiger partial charge >= 0.3 is 0 Å². The molecule has 0 atom stereocenters. The van der Waals surface area contributed by atoms with Gasteiger partial charge in [-0.2, -0.15) is 0 Å². The molecule has 0 spiro atoms. The zero-order chi connectivity index (χ0) is 12.1. The Morgan fingerprint density at radius 1 is 1.25 bits per heavy atom. The van der Waals surface area contributed by atoms with Crippen molar-refractivity contribution < 1.29 is 0 Å². The van der Waals surface area contributed by atoms with Crippen molar-refractivity contribution in [1.82, 2.24) is 5.32 Å². The summed E-state index contributed by atoms with van der Waals surface area (Å²) >= 11 is 5.32. The molecule has 1 N–H and O–H groups in total. The fourth-order valence-electron chi connectivity index (χ4n) is 1.31. The van der Waals surface area contributed by atoms with E-state index in [0.29, 0.717) is 5.92 Å². The monoisotopic (exact) mass is 236 g/mol.